The maximum atomic E-state index is 12.6. The number of hydrogen-bond donors (Lipinski definition) is 0. The molecule has 0 atom stereocenters. The normalized spacial score (nSPS) is 10.7. The predicted molar refractivity (Wildman–Crippen MR) is 78.6 cm³/mol. The minimum atomic E-state index is -0.0943. The van der Waals surface area contributed by atoms with Crippen LogP contribution in [0.25, 0.3) is 16.6 Å². The number of hydrogen-bond acceptors (Lipinski definition) is 3. The van der Waals surface area contributed by atoms with E-state index >= 15 is 0 Å². The zero-order valence-corrected chi connectivity index (χ0v) is 11.3. The van der Waals surface area contributed by atoms with Crippen LogP contribution in [0.5, 0.6) is 5.75 Å². The summed E-state index contributed by atoms with van der Waals surface area (Å²) in [6.45, 7) is 1.94. The van der Waals surface area contributed by atoms with Gasteiger partial charge in [-0.3, -0.25) is 9.36 Å². The lowest BCUT2D eigenvalue weighted by Gasteiger charge is -2.13. The molecule has 1 heterocycles. The SMILES string of the molecule is COc1cccc(C)c1-n1cnc2ccccc2c1=O. The standard InChI is InChI=1S/C16H14N2O2/c1-11-6-5-9-14(20-2)15(11)18-10-17-13-8-4-3-7-12(13)16(18)19/h3-10H,1-2H3. The molecule has 0 amide bonds. The molecule has 0 saturated carbocycles. The Morgan fingerprint density at radius 1 is 1.10 bits per heavy atom. The first kappa shape index (κ1) is 12.4. The maximum Gasteiger partial charge on any atom is 0.265 e. The number of aromatic nitrogens is 2. The average Bonchev–Trinajstić information content (AvgIpc) is 2.48. The van der Waals surface area contributed by atoms with Gasteiger partial charge in [-0.2, -0.15) is 0 Å². The Kier molecular flexibility index (Phi) is 2.99. The van der Waals surface area contributed by atoms with Crippen LogP contribution in [0.4, 0.5) is 0 Å². The smallest absolute Gasteiger partial charge is 0.265 e. The van der Waals surface area contributed by atoms with Crippen molar-refractivity contribution in [1.29, 1.82) is 0 Å². The lowest BCUT2D eigenvalue weighted by atomic mass is 10.1. The Morgan fingerprint density at radius 2 is 1.90 bits per heavy atom. The summed E-state index contributed by atoms with van der Waals surface area (Å²) in [5.74, 6) is 0.657. The van der Waals surface area contributed by atoms with Crippen molar-refractivity contribution in [3.05, 3.63) is 64.7 Å². The van der Waals surface area contributed by atoms with E-state index in [0.717, 1.165) is 11.3 Å². The topological polar surface area (TPSA) is 44.1 Å². The van der Waals surface area contributed by atoms with Gasteiger partial charge in [0.15, 0.2) is 0 Å². The van der Waals surface area contributed by atoms with Gasteiger partial charge in [0, 0.05) is 0 Å². The highest BCUT2D eigenvalue weighted by atomic mass is 16.5. The molecule has 0 radical (unpaired) electrons. The van der Waals surface area contributed by atoms with Crippen LogP contribution < -0.4 is 10.3 Å². The Bertz CT molecular complexity index is 837. The Labute approximate surface area is 116 Å². The molecule has 3 rings (SSSR count). The van der Waals surface area contributed by atoms with Gasteiger partial charge in [-0.05, 0) is 30.7 Å². The third-order valence-corrected chi connectivity index (χ3v) is 3.33. The Hall–Kier alpha value is -2.62. The number of methoxy groups -OCH3 is 1. The van der Waals surface area contributed by atoms with Crippen LogP contribution in [0.2, 0.25) is 0 Å². The van der Waals surface area contributed by atoms with Gasteiger partial charge in [-0.15, -0.1) is 0 Å². The van der Waals surface area contributed by atoms with E-state index in [9.17, 15) is 4.79 Å². The van der Waals surface area contributed by atoms with Gasteiger partial charge >= 0.3 is 0 Å². The van der Waals surface area contributed by atoms with Crippen molar-refractivity contribution in [3.63, 3.8) is 0 Å². The summed E-state index contributed by atoms with van der Waals surface area (Å²) in [4.78, 5) is 17.0. The van der Waals surface area contributed by atoms with E-state index in [1.165, 1.54) is 4.57 Å². The first-order valence-electron chi connectivity index (χ1n) is 6.33. The van der Waals surface area contributed by atoms with Gasteiger partial charge in [0.2, 0.25) is 0 Å². The molecular formula is C16H14N2O2. The number of fused-ring (bicyclic) bond motifs is 1. The van der Waals surface area contributed by atoms with Crippen molar-refractivity contribution in [2.45, 2.75) is 6.92 Å². The molecule has 0 aliphatic heterocycles. The number of rotatable bonds is 2. The molecule has 0 saturated heterocycles. The van der Waals surface area contributed by atoms with E-state index in [-0.39, 0.29) is 5.56 Å². The molecule has 4 nitrogen and oxygen atoms in total. The van der Waals surface area contributed by atoms with Crippen LogP contribution >= 0.6 is 0 Å². The summed E-state index contributed by atoms with van der Waals surface area (Å²) in [5.41, 5.74) is 2.30. The molecule has 0 spiro atoms. The number of aryl methyl sites for hydroxylation is 1. The van der Waals surface area contributed by atoms with Crippen LogP contribution in [-0.2, 0) is 0 Å². The number of ether oxygens (including phenoxy) is 1. The van der Waals surface area contributed by atoms with Crippen LogP contribution in [-0.4, -0.2) is 16.7 Å². The largest absolute Gasteiger partial charge is 0.495 e. The van der Waals surface area contributed by atoms with E-state index in [0.29, 0.717) is 16.7 Å². The van der Waals surface area contributed by atoms with E-state index < -0.39 is 0 Å². The van der Waals surface area contributed by atoms with Crippen LogP contribution in [0.3, 0.4) is 0 Å². The molecule has 0 unspecified atom stereocenters. The number of para-hydroxylation sites is 2. The number of benzene rings is 2. The Balaban J connectivity index is 2.36. The fourth-order valence-corrected chi connectivity index (χ4v) is 2.33. The molecule has 0 bridgehead atoms. The van der Waals surface area contributed by atoms with Crippen molar-refractivity contribution in [1.82, 2.24) is 9.55 Å². The lowest BCUT2D eigenvalue weighted by Crippen LogP contribution is -2.20. The second kappa shape index (κ2) is 4.81. The third kappa shape index (κ3) is 1.86. The molecule has 20 heavy (non-hydrogen) atoms. The van der Waals surface area contributed by atoms with E-state index in [4.69, 9.17) is 4.74 Å². The summed E-state index contributed by atoms with van der Waals surface area (Å²) >= 11 is 0. The van der Waals surface area contributed by atoms with Crippen LogP contribution in [0.15, 0.2) is 53.6 Å². The van der Waals surface area contributed by atoms with E-state index in [1.807, 2.05) is 43.3 Å². The van der Waals surface area contributed by atoms with Crippen LogP contribution in [0.1, 0.15) is 5.56 Å². The molecule has 0 aliphatic carbocycles. The van der Waals surface area contributed by atoms with Crippen molar-refractivity contribution in [2.24, 2.45) is 0 Å². The fourth-order valence-electron chi connectivity index (χ4n) is 2.33. The molecule has 0 N–H and O–H groups in total. The molecule has 0 fully saturated rings. The van der Waals surface area contributed by atoms with Gasteiger partial charge in [0.25, 0.3) is 5.56 Å². The van der Waals surface area contributed by atoms with E-state index in [2.05, 4.69) is 4.98 Å². The highest BCUT2D eigenvalue weighted by Gasteiger charge is 2.12. The molecule has 100 valence electrons. The minimum absolute atomic E-state index is 0.0943. The zero-order valence-electron chi connectivity index (χ0n) is 11.3. The quantitative estimate of drug-likeness (QED) is 0.716. The summed E-state index contributed by atoms with van der Waals surface area (Å²) in [6, 6.07) is 13.0. The third-order valence-electron chi connectivity index (χ3n) is 3.33. The van der Waals surface area contributed by atoms with Crippen molar-refractivity contribution in [2.75, 3.05) is 7.11 Å². The number of nitrogens with zero attached hydrogens (tertiary/aromatic N) is 2. The maximum absolute atomic E-state index is 12.6. The van der Waals surface area contributed by atoms with Gasteiger partial charge < -0.3 is 4.74 Å². The molecule has 0 aliphatic rings. The van der Waals surface area contributed by atoms with Gasteiger partial charge in [-0.25, -0.2) is 4.98 Å². The molecule has 4 heteroatoms. The summed E-state index contributed by atoms with van der Waals surface area (Å²) in [5, 5.41) is 0.598. The summed E-state index contributed by atoms with van der Waals surface area (Å²) < 4.78 is 6.90. The molecular weight excluding hydrogens is 252 g/mol. The molecule has 1 aromatic heterocycles. The first-order valence-corrected chi connectivity index (χ1v) is 6.33. The monoisotopic (exact) mass is 266 g/mol. The Morgan fingerprint density at radius 3 is 2.70 bits per heavy atom. The summed E-state index contributed by atoms with van der Waals surface area (Å²) in [6.07, 6.45) is 1.55. The second-order valence-electron chi connectivity index (χ2n) is 4.56. The van der Waals surface area contributed by atoms with Gasteiger partial charge in [-0.1, -0.05) is 24.3 Å². The highest BCUT2D eigenvalue weighted by Crippen LogP contribution is 2.25. The average molecular weight is 266 g/mol. The lowest BCUT2D eigenvalue weighted by molar-refractivity contribution is 0.412. The first-order chi connectivity index (χ1) is 9.72. The van der Waals surface area contributed by atoms with Crippen molar-refractivity contribution >= 4 is 10.9 Å². The van der Waals surface area contributed by atoms with Crippen molar-refractivity contribution < 1.29 is 4.74 Å². The van der Waals surface area contributed by atoms with Gasteiger partial charge in [0.05, 0.1) is 23.7 Å². The summed E-state index contributed by atoms with van der Waals surface area (Å²) in [7, 11) is 1.60. The van der Waals surface area contributed by atoms with Crippen LogP contribution in [0, 0.1) is 6.92 Å². The van der Waals surface area contributed by atoms with E-state index in [1.54, 1.807) is 19.5 Å². The minimum Gasteiger partial charge on any atom is -0.495 e. The van der Waals surface area contributed by atoms with Gasteiger partial charge in [0.1, 0.15) is 12.1 Å². The predicted octanol–water partition coefficient (Wildman–Crippen LogP) is 2.70. The molecule has 3 aromatic rings. The molecule has 2 aromatic carbocycles. The fraction of sp³-hybridized carbons (Fsp3) is 0.125. The van der Waals surface area contributed by atoms with Crippen molar-refractivity contribution in [3.8, 4) is 11.4 Å². The highest BCUT2D eigenvalue weighted by molar-refractivity contribution is 5.77. The second-order valence-corrected chi connectivity index (χ2v) is 4.56. The zero-order chi connectivity index (χ0) is 14.1.